The van der Waals surface area contributed by atoms with Crippen LogP contribution in [-0.2, 0) is 0 Å². The van der Waals surface area contributed by atoms with Crippen LogP contribution >= 0.6 is 23.5 Å². The molecular weight excluding hydrogens is 160 g/mol. The predicted octanol–water partition coefficient (Wildman–Crippen LogP) is 3.62. The van der Waals surface area contributed by atoms with E-state index in [0.29, 0.717) is 0 Å². The molecule has 0 amide bonds. The lowest BCUT2D eigenvalue weighted by atomic mass is 10.4. The van der Waals surface area contributed by atoms with Crippen molar-refractivity contribution in [1.82, 2.24) is 0 Å². The van der Waals surface area contributed by atoms with Gasteiger partial charge in [-0.3, -0.25) is 0 Å². The van der Waals surface area contributed by atoms with Crippen LogP contribution in [0.4, 0.5) is 0 Å². The van der Waals surface area contributed by atoms with E-state index in [0.717, 1.165) is 0 Å². The summed E-state index contributed by atoms with van der Waals surface area (Å²) in [7, 11) is 0. The van der Waals surface area contributed by atoms with Crippen molar-refractivity contribution < 1.29 is 0 Å². The quantitative estimate of drug-likeness (QED) is 0.431. The third kappa shape index (κ3) is 8.70. The van der Waals surface area contributed by atoms with Crippen LogP contribution < -0.4 is 0 Å². The molecule has 0 aromatic carbocycles. The first-order valence-electron chi connectivity index (χ1n) is 4.07. The maximum absolute atomic E-state index is 2.25. The van der Waals surface area contributed by atoms with Crippen molar-refractivity contribution in [3.63, 3.8) is 0 Å². The summed E-state index contributed by atoms with van der Waals surface area (Å²) in [5, 5.41) is 1.30. The summed E-state index contributed by atoms with van der Waals surface area (Å²) < 4.78 is 0. The minimum atomic E-state index is 1.30. The Kier molecular flexibility index (Phi) is 10.4. The van der Waals surface area contributed by atoms with Gasteiger partial charge in [0.1, 0.15) is 0 Å². The molecule has 62 valence electrons. The van der Waals surface area contributed by atoms with Gasteiger partial charge in [-0.05, 0) is 24.3 Å². The fourth-order valence-electron chi connectivity index (χ4n) is 0.568. The molecule has 0 nitrogen and oxygen atoms in total. The van der Waals surface area contributed by atoms with Gasteiger partial charge in [0, 0.05) is 5.08 Å². The monoisotopic (exact) mass is 178 g/mol. The first-order valence-corrected chi connectivity index (χ1v) is 6.38. The number of rotatable bonds is 7. The summed E-state index contributed by atoms with van der Waals surface area (Å²) in [6.07, 6.45) is 4.04. The van der Waals surface area contributed by atoms with Crippen molar-refractivity contribution in [2.45, 2.75) is 33.1 Å². The first-order chi connectivity index (χ1) is 4.91. The molecule has 0 unspecified atom stereocenters. The summed E-state index contributed by atoms with van der Waals surface area (Å²) in [4.78, 5) is 0. The van der Waals surface area contributed by atoms with Gasteiger partial charge in [0.2, 0.25) is 0 Å². The van der Waals surface area contributed by atoms with Crippen LogP contribution in [0.2, 0.25) is 0 Å². The second kappa shape index (κ2) is 9.70. The smallest absolute Gasteiger partial charge is 0.0392 e. The molecule has 0 aromatic rings. The second-order valence-electron chi connectivity index (χ2n) is 2.29. The van der Waals surface area contributed by atoms with Crippen LogP contribution in [0.15, 0.2) is 0 Å². The molecule has 2 heteroatoms. The molecule has 0 aliphatic rings. The molecule has 0 aliphatic heterocycles. The lowest BCUT2D eigenvalue weighted by Gasteiger charge is -1.98. The molecule has 0 saturated carbocycles. The van der Waals surface area contributed by atoms with Gasteiger partial charge in [-0.2, -0.15) is 23.5 Å². The number of hydrogen-bond donors (Lipinski definition) is 0. The van der Waals surface area contributed by atoms with Crippen LogP contribution in [-0.4, -0.2) is 16.6 Å². The molecular formula is C8H18S2. The van der Waals surface area contributed by atoms with Crippen LogP contribution in [0.3, 0.4) is 0 Å². The Hall–Kier alpha value is 0.700. The van der Waals surface area contributed by atoms with Crippen LogP contribution in [0.5, 0.6) is 0 Å². The van der Waals surface area contributed by atoms with E-state index in [1.165, 1.54) is 35.9 Å². The van der Waals surface area contributed by atoms with E-state index < -0.39 is 0 Å². The van der Waals surface area contributed by atoms with Gasteiger partial charge in [-0.25, -0.2) is 0 Å². The lowest BCUT2D eigenvalue weighted by Crippen LogP contribution is -1.80. The molecule has 10 heavy (non-hydrogen) atoms. The summed E-state index contributed by atoms with van der Waals surface area (Å²) in [5.41, 5.74) is 0. The molecule has 0 radical (unpaired) electrons. The van der Waals surface area contributed by atoms with Crippen molar-refractivity contribution in [3.05, 3.63) is 0 Å². The van der Waals surface area contributed by atoms with E-state index >= 15 is 0 Å². The minimum absolute atomic E-state index is 1.30. The highest BCUT2D eigenvalue weighted by Gasteiger charge is 1.87. The summed E-state index contributed by atoms with van der Waals surface area (Å²) in [6, 6.07) is 0. The van der Waals surface area contributed by atoms with E-state index in [4.69, 9.17) is 0 Å². The van der Waals surface area contributed by atoms with E-state index in [-0.39, 0.29) is 0 Å². The first kappa shape index (κ1) is 10.7. The molecule has 0 rings (SSSR count). The zero-order valence-corrected chi connectivity index (χ0v) is 8.69. The van der Waals surface area contributed by atoms with Gasteiger partial charge in [-0.15, -0.1) is 0 Å². The maximum atomic E-state index is 2.25. The average Bonchev–Trinajstić information content (AvgIpc) is 1.97. The molecule has 0 spiro atoms. The highest BCUT2D eigenvalue weighted by atomic mass is 32.2. The van der Waals surface area contributed by atoms with Crippen molar-refractivity contribution in [2.75, 3.05) is 16.6 Å². The molecule has 0 saturated heterocycles. The van der Waals surface area contributed by atoms with Crippen molar-refractivity contribution in [3.8, 4) is 0 Å². The molecule has 0 aromatic heterocycles. The van der Waals surface area contributed by atoms with Gasteiger partial charge in [0.15, 0.2) is 0 Å². The van der Waals surface area contributed by atoms with Gasteiger partial charge in [0.05, 0.1) is 0 Å². The molecule has 0 bridgehead atoms. The normalized spacial score (nSPS) is 10.2. The SMILES string of the molecule is CCCCSCSCCC. The van der Waals surface area contributed by atoms with E-state index in [1.807, 2.05) is 0 Å². The van der Waals surface area contributed by atoms with Gasteiger partial charge >= 0.3 is 0 Å². The Morgan fingerprint density at radius 1 is 0.900 bits per heavy atom. The van der Waals surface area contributed by atoms with Crippen molar-refractivity contribution in [1.29, 1.82) is 0 Å². The zero-order valence-electron chi connectivity index (χ0n) is 7.06. The fraction of sp³-hybridized carbons (Fsp3) is 1.00. The summed E-state index contributed by atoms with van der Waals surface area (Å²) in [6.45, 7) is 4.49. The molecule has 0 heterocycles. The standard InChI is InChI=1S/C8H18S2/c1-3-5-7-10-8-9-6-4-2/h3-8H2,1-2H3. The zero-order chi connectivity index (χ0) is 7.66. The largest absolute Gasteiger partial charge is 0.151 e. The molecule has 0 atom stereocenters. The Labute approximate surface area is 73.5 Å². The third-order valence-electron chi connectivity index (χ3n) is 1.16. The number of hydrogen-bond acceptors (Lipinski definition) is 2. The third-order valence-corrected chi connectivity index (χ3v) is 3.76. The van der Waals surface area contributed by atoms with E-state index in [1.54, 1.807) is 0 Å². The van der Waals surface area contributed by atoms with E-state index in [9.17, 15) is 0 Å². The van der Waals surface area contributed by atoms with E-state index in [2.05, 4.69) is 37.4 Å². The van der Waals surface area contributed by atoms with Gasteiger partial charge in [-0.1, -0.05) is 20.3 Å². The number of thioether (sulfide) groups is 2. The summed E-state index contributed by atoms with van der Waals surface area (Å²) in [5.74, 6) is 2.69. The Balaban J connectivity index is 2.65. The average molecular weight is 178 g/mol. The van der Waals surface area contributed by atoms with Gasteiger partial charge < -0.3 is 0 Å². The lowest BCUT2D eigenvalue weighted by molar-refractivity contribution is 0.897. The summed E-state index contributed by atoms with van der Waals surface area (Å²) >= 11 is 4.15. The Bertz CT molecular complexity index is 47.2. The second-order valence-corrected chi connectivity index (χ2v) is 4.86. The molecule has 0 fully saturated rings. The Morgan fingerprint density at radius 3 is 2.20 bits per heavy atom. The van der Waals surface area contributed by atoms with Crippen molar-refractivity contribution in [2.24, 2.45) is 0 Å². The number of unbranched alkanes of at least 4 members (excludes halogenated alkanes) is 1. The topological polar surface area (TPSA) is 0 Å². The minimum Gasteiger partial charge on any atom is -0.151 e. The fourth-order valence-corrected chi connectivity index (χ4v) is 2.76. The predicted molar refractivity (Wildman–Crippen MR) is 55.0 cm³/mol. The highest BCUT2D eigenvalue weighted by Crippen LogP contribution is 2.13. The maximum Gasteiger partial charge on any atom is 0.0392 e. The van der Waals surface area contributed by atoms with Crippen LogP contribution in [0.25, 0.3) is 0 Å². The molecule has 0 N–H and O–H groups in total. The van der Waals surface area contributed by atoms with Gasteiger partial charge in [0.25, 0.3) is 0 Å². The van der Waals surface area contributed by atoms with Crippen LogP contribution in [0, 0.1) is 0 Å². The molecule has 0 aliphatic carbocycles. The Morgan fingerprint density at radius 2 is 1.60 bits per heavy atom. The highest BCUT2D eigenvalue weighted by molar-refractivity contribution is 8.15. The van der Waals surface area contributed by atoms with Crippen molar-refractivity contribution >= 4 is 23.5 Å². The van der Waals surface area contributed by atoms with Crippen LogP contribution in [0.1, 0.15) is 33.1 Å².